The molecule has 0 aromatic carbocycles. The summed E-state index contributed by atoms with van der Waals surface area (Å²) in [4.78, 5) is 0. The Labute approximate surface area is 183 Å². The highest BCUT2D eigenvalue weighted by molar-refractivity contribution is 8.93. The average molecular weight is 449 g/mol. The Hall–Kier alpha value is 0.440. The highest BCUT2D eigenvalue weighted by Gasteiger charge is 2.23. The minimum atomic E-state index is 0. The first-order chi connectivity index (χ1) is 12.7. The lowest BCUT2D eigenvalue weighted by Crippen LogP contribution is -2.39. The molecule has 27 heavy (non-hydrogen) atoms. The van der Waals surface area contributed by atoms with E-state index < -0.39 is 0 Å². The van der Waals surface area contributed by atoms with E-state index in [1.165, 1.54) is 135 Å². The van der Waals surface area contributed by atoms with Crippen LogP contribution in [0.1, 0.15) is 156 Å². The van der Waals surface area contributed by atoms with Crippen molar-refractivity contribution in [3.63, 3.8) is 0 Å². The lowest BCUT2D eigenvalue weighted by molar-refractivity contribution is 0.302. The fraction of sp³-hybridized carbons (Fsp3) is 1.00. The van der Waals surface area contributed by atoms with Gasteiger partial charge in [0.1, 0.15) is 0 Å². The van der Waals surface area contributed by atoms with Gasteiger partial charge in [0, 0.05) is 5.54 Å². The van der Waals surface area contributed by atoms with Gasteiger partial charge in [-0.2, -0.15) is 0 Å². The Balaban J connectivity index is 0. The summed E-state index contributed by atoms with van der Waals surface area (Å²) in [5.74, 6) is 0. The summed E-state index contributed by atoms with van der Waals surface area (Å²) in [6.07, 6.45) is 28.8. The summed E-state index contributed by atoms with van der Waals surface area (Å²) in [5, 5.41) is 0. The van der Waals surface area contributed by atoms with Crippen molar-refractivity contribution in [2.24, 2.45) is 5.73 Å². The molecule has 2 heteroatoms. The van der Waals surface area contributed by atoms with Crippen LogP contribution in [0.4, 0.5) is 0 Å². The lowest BCUT2D eigenvalue weighted by atomic mass is 9.82. The van der Waals surface area contributed by atoms with E-state index in [-0.39, 0.29) is 22.5 Å². The van der Waals surface area contributed by atoms with Crippen molar-refractivity contribution < 1.29 is 0 Å². The number of halogens is 1. The largest absolute Gasteiger partial charge is 0.325 e. The molecule has 0 aliphatic carbocycles. The summed E-state index contributed by atoms with van der Waals surface area (Å²) in [6, 6.07) is 0. The molecular weight excluding hydrogens is 394 g/mol. The molecule has 0 aliphatic rings. The first kappa shape index (κ1) is 29.6. The molecule has 0 aromatic rings. The summed E-state index contributed by atoms with van der Waals surface area (Å²) in [6.45, 7) is 6.89. The van der Waals surface area contributed by atoms with Gasteiger partial charge in [0.25, 0.3) is 0 Å². The Morgan fingerprint density at radius 1 is 0.407 bits per heavy atom. The van der Waals surface area contributed by atoms with Crippen molar-refractivity contribution in [3.8, 4) is 0 Å². The van der Waals surface area contributed by atoms with E-state index in [0.717, 1.165) is 0 Å². The Morgan fingerprint density at radius 2 is 0.630 bits per heavy atom. The van der Waals surface area contributed by atoms with Gasteiger partial charge in [-0.1, -0.05) is 136 Å². The van der Waals surface area contributed by atoms with Gasteiger partial charge in [-0.25, -0.2) is 0 Å². The molecule has 0 atom stereocenters. The van der Waals surface area contributed by atoms with Crippen LogP contribution in [0.25, 0.3) is 0 Å². The predicted molar refractivity (Wildman–Crippen MR) is 131 cm³/mol. The van der Waals surface area contributed by atoms with Gasteiger partial charge in [0.2, 0.25) is 0 Å². The summed E-state index contributed by atoms with van der Waals surface area (Å²) in [5.41, 5.74) is 7.06. The molecule has 0 spiro atoms. The molecule has 0 saturated heterocycles. The SMILES string of the molecule is Br.CCCCCCCCC(N)(CCCCCCCC)CCCCCCCC. The summed E-state index contributed by atoms with van der Waals surface area (Å²) < 4.78 is 0. The third-order valence-corrected chi connectivity index (χ3v) is 6.08. The molecule has 0 aromatic heterocycles. The standard InChI is InChI=1S/C25H53N.BrH/c1-4-7-10-13-16-19-22-25(26,23-20-17-14-11-8-5-2)24-21-18-15-12-9-6-3;/h4-24,26H2,1-3H3;1H. The molecule has 0 saturated carbocycles. The number of hydrogen-bond donors (Lipinski definition) is 1. The van der Waals surface area contributed by atoms with Crippen molar-refractivity contribution >= 4 is 17.0 Å². The number of hydrogen-bond acceptors (Lipinski definition) is 1. The van der Waals surface area contributed by atoms with Crippen LogP contribution < -0.4 is 5.73 Å². The molecule has 0 rings (SSSR count). The second-order valence-electron chi connectivity index (χ2n) is 8.92. The van der Waals surface area contributed by atoms with Gasteiger partial charge in [-0.05, 0) is 19.3 Å². The van der Waals surface area contributed by atoms with Crippen molar-refractivity contribution in [1.82, 2.24) is 0 Å². The van der Waals surface area contributed by atoms with Crippen LogP contribution in [-0.2, 0) is 0 Å². The first-order valence-electron chi connectivity index (χ1n) is 12.5. The number of nitrogens with two attached hydrogens (primary N) is 1. The third-order valence-electron chi connectivity index (χ3n) is 6.08. The van der Waals surface area contributed by atoms with Gasteiger partial charge in [-0.3, -0.25) is 0 Å². The second-order valence-corrected chi connectivity index (χ2v) is 8.92. The van der Waals surface area contributed by atoms with Crippen molar-refractivity contribution in [2.75, 3.05) is 0 Å². The average Bonchev–Trinajstić information content (AvgIpc) is 2.64. The van der Waals surface area contributed by atoms with E-state index in [0.29, 0.717) is 0 Å². The molecule has 0 amide bonds. The van der Waals surface area contributed by atoms with Crippen molar-refractivity contribution in [1.29, 1.82) is 0 Å². The molecule has 0 radical (unpaired) electrons. The fourth-order valence-corrected chi connectivity index (χ4v) is 4.15. The minimum Gasteiger partial charge on any atom is -0.325 e. The fourth-order valence-electron chi connectivity index (χ4n) is 4.15. The summed E-state index contributed by atoms with van der Waals surface area (Å²) >= 11 is 0. The molecule has 0 fully saturated rings. The second kappa shape index (κ2) is 22.7. The van der Waals surface area contributed by atoms with E-state index in [1.807, 2.05) is 0 Å². The van der Waals surface area contributed by atoms with Crippen LogP contribution >= 0.6 is 17.0 Å². The van der Waals surface area contributed by atoms with Crippen LogP contribution in [0.3, 0.4) is 0 Å². The van der Waals surface area contributed by atoms with E-state index in [9.17, 15) is 0 Å². The van der Waals surface area contributed by atoms with Crippen LogP contribution in [0.5, 0.6) is 0 Å². The highest BCUT2D eigenvalue weighted by Crippen LogP contribution is 2.27. The van der Waals surface area contributed by atoms with Crippen LogP contribution in [0, 0.1) is 0 Å². The zero-order valence-electron chi connectivity index (χ0n) is 19.3. The maximum atomic E-state index is 6.92. The zero-order chi connectivity index (χ0) is 19.3. The van der Waals surface area contributed by atoms with Crippen LogP contribution in [0.15, 0.2) is 0 Å². The monoisotopic (exact) mass is 447 g/mol. The molecule has 166 valence electrons. The quantitative estimate of drug-likeness (QED) is 0.174. The van der Waals surface area contributed by atoms with Gasteiger partial charge in [0.05, 0.1) is 0 Å². The highest BCUT2D eigenvalue weighted by atomic mass is 79.9. The van der Waals surface area contributed by atoms with Crippen molar-refractivity contribution in [3.05, 3.63) is 0 Å². The Morgan fingerprint density at radius 3 is 0.889 bits per heavy atom. The molecular formula is C25H54BrN. The van der Waals surface area contributed by atoms with E-state index in [2.05, 4.69) is 20.8 Å². The van der Waals surface area contributed by atoms with Gasteiger partial charge in [0.15, 0.2) is 0 Å². The maximum Gasteiger partial charge on any atom is 0.0154 e. The molecule has 2 N–H and O–H groups in total. The lowest BCUT2D eigenvalue weighted by Gasteiger charge is -2.30. The van der Waals surface area contributed by atoms with E-state index >= 15 is 0 Å². The van der Waals surface area contributed by atoms with Gasteiger partial charge in [-0.15, -0.1) is 17.0 Å². The van der Waals surface area contributed by atoms with Crippen molar-refractivity contribution in [2.45, 2.75) is 161 Å². The summed E-state index contributed by atoms with van der Waals surface area (Å²) in [7, 11) is 0. The zero-order valence-corrected chi connectivity index (χ0v) is 21.0. The third kappa shape index (κ3) is 21.0. The Kier molecular flexibility index (Phi) is 24.9. The minimum absolute atomic E-state index is 0. The van der Waals surface area contributed by atoms with Crippen LogP contribution in [0.2, 0.25) is 0 Å². The van der Waals surface area contributed by atoms with Crippen LogP contribution in [-0.4, -0.2) is 5.54 Å². The number of rotatable bonds is 21. The predicted octanol–water partition coefficient (Wildman–Crippen LogP) is 9.51. The Bertz CT molecular complexity index is 226. The van der Waals surface area contributed by atoms with E-state index in [4.69, 9.17) is 5.73 Å². The van der Waals surface area contributed by atoms with Gasteiger partial charge >= 0.3 is 0 Å². The maximum absolute atomic E-state index is 6.92. The van der Waals surface area contributed by atoms with Gasteiger partial charge < -0.3 is 5.73 Å². The molecule has 0 aliphatic heterocycles. The van der Waals surface area contributed by atoms with E-state index in [1.54, 1.807) is 0 Å². The number of unbranched alkanes of at least 4 members (excludes halogenated alkanes) is 15. The first-order valence-corrected chi connectivity index (χ1v) is 12.5. The molecule has 0 heterocycles. The topological polar surface area (TPSA) is 26.0 Å². The molecule has 0 bridgehead atoms. The molecule has 0 unspecified atom stereocenters. The molecule has 1 nitrogen and oxygen atoms in total. The smallest absolute Gasteiger partial charge is 0.0154 e. The normalized spacial score (nSPS) is 11.6.